The van der Waals surface area contributed by atoms with E-state index in [1.165, 1.54) is 6.07 Å². The van der Waals surface area contributed by atoms with Crippen molar-refractivity contribution in [1.29, 1.82) is 0 Å². The number of anilines is 1. The largest absolute Gasteiger partial charge is 0.506 e. The molecule has 2 amide bonds. The van der Waals surface area contributed by atoms with Crippen LogP contribution in [0.1, 0.15) is 17.9 Å². The van der Waals surface area contributed by atoms with Crippen LogP contribution in [0, 0.1) is 0 Å². The third kappa shape index (κ3) is 2.01. The van der Waals surface area contributed by atoms with Gasteiger partial charge in [0.25, 0.3) is 0 Å². The van der Waals surface area contributed by atoms with Crippen molar-refractivity contribution in [2.24, 2.45) is 7.05 Å². The molecule has 0 bridgehead atoms. The Labute approximate surface area is 138 Å². The molecule has 1 aromatic heterocycles. The van der Waals surface area contributed by atoms with Crippen molar-refractivity contribution in [1.82, 2.24) is 4.57 Å². The van der Waals surface area contributed by atoms with Gasteiger partial charge in [-0.05, 0) is 23.8 Å². The second kappa shape index (κ2) is 5.23. The lowest BCUT2D eigenvalue weighted by Crippen LogP contribution is -2.30. The van der Waals surface area contributed by atoms with Crippen LogP contribution in [0.25, 0.3) is 10.9 Å². The van der Waals surface area contributed by atoms with Crippen molar-refractivity contribution < 1.29 is 14.7 Å². The zero-order valence-electron chi connectivity index (χ0n) is 13.1. The highest BCUT2D eigenvalue weighted by Crippen LogP contribution is 2.39. The van der Waals surface area contributed by atoms with E-state index in [0.717, 1.165) is 21.4 Å². The molecule has 120 valence electrons. The number of aryl methyl sites for hydroxylation is 1. The highest BCUT2D eigenvalue weighted by molar-refractivity contribution is 6.24. The Balaban J connectivity index is 1.80. The van der Waals surface area contributed by atoms with E-state index >= 15 is 0 Å². The molecule has 0 saturated carbocycles. The number of rotatable bonds is 2. The first-order valence-corrected chi connectivity index (χ1v) is 7.76. The predicted octanol–water partition coefficient (Wildman–Crippen LogP) is 2.93. The molecule has 1 fully saturated rings. The monoisotopic (exact) mass is 320 g/mol. The maximum Gasteiger partial charge on any atom is 0.242 e. The number of aromatic hydroxyl groups is 1. The third-order valence-electron chi connectivity index (χ3n) is 4.57. The van der Waals surface area contributed by atoms with Crippen molar-refractivity contribution in [3.8, 4) is 5.75 Å². The number of nitrogens with zero attached hydrogens (tertiary/aromatic N) is 2. The van der Waals surface area contributed by atoms with E-state index in [0.29, 0.717) is 0 Å². The summed E-state index contributed by atoms with van der Waals surface area (Å²) in [6.45, 7) is 0. The number of hydrogen-bond donors (Lipinski definition) is 1. The van der Waals surface area contributed by atoms with Gasteiger partial charge in [0, 0.05) is 30.6 Å². The average Bonchev–Trinajstić information content (AvgIpc) is 3.06. The maximum absolute atomic E-state index is 12.9. The van der Waals surface area contributed by atoms with Crippen molar-refractivity contribution >= 4 is 28.4 Å². The zero-order valence-corrected chi connectivity index (χ0v) is 13.1. The van der Waals surface area contributed by atoms with Crippen LogP contribution in [0.2, 0.25) is 0 Å². The fourth-order valence-corrected chi connectivity index (χ4v) is 3.43. The minimum Gasteiger partial charge on any atom is -0.506 e. The molecule has 24 heavy (non-hydrogen) atoms. The van der Waals surface area contributed by atoms with E-state index in [-0.39, 0.29) is 29.7 Å². The average molecular weight is 320 g/mol. The number of hydrogen-bond acceptors (Lipinski definition) is 3. The molecule has 0 spiro atoms. The Morgan fingerprint density at radius 2 is 1.75 bits per heavy atom. The Morgan fingerprint density at radius 3 is 2.54 bits per heavy atom. The Kier molecular flexibility index (Phi) is 3.16. The molecule has 1 unspecified atom stereocenters. The molecule has 1 N–H and O–H groups in total. The van der Waals surface area contributed by atoms with Crippen LogP contribution in [-0.2, 0) is 16.6 Å². The number of fused-ring (bicyclic) bond motifs is 1. The summed E-state index contributed by atoms with van der Waals surface area (Å²) < 4.78 is 1.96. The Bertz CT molecular complexity index is 974. The number of para-hydroxylation sites is 3. The SMILES string of the molecule is Cn1cc(C2CC(=O)N(c3ccccc3O)C2=O)c2ccccc21. The number of phenols is 1. The summed E-state index contributed by atoms with van der Waals surface area (Å²) in [6.07, 6.45) is 2.02. The predicted molar refractivity (Wildman–Crippen MR) is 90.9 cm³/mol. The molecule has 2 aromatic carbocycles. The second-order valence-corrected chi connectivity index (χ2v) is 6.03. The van der Waals surface area contributed by atoms with Gasteiger partial charge < -0.3 is 9.67 Å². The minimum atomic E-state index is -0.525. The quantitative estimate of drug-likeness (QED) is 0.739. The first-order chi connectivity index (χ1) is 11.6. The Hall–Kier alpha value is -3.08. The molecule has 1 saturated heterocycles. The van der Waals surface area contributed by atoms with Crippen molar-refractivity contribution in [3.05, 3.63) is 60.3 Å². The summed E-state index contributed by atoms with van der Waals surface area (Å²) >= 11 is 0. The molecule has 1 atom stereocenters. The van der Waals surface area contributed by atoms with Crippen LogP contribution < -0.4 is 4.90 Å². The summed E-state index contributed by atoms with van der Waals surface area (Å²) in [5.41, 5.74) is 2.12. The van der Waals surface area contributed by atoms with Gasteiger partial charge in [0.05, 0.1) is 11.6 Å². The molecule has 0 radical (unpaired) electrons. The molecule has 0 aliphatic carbocycles. The van der Waals surface area contributed by atoms with Gasteiger partial charge in [-0.25, -0.2) is 4.90 Å². The first-order valence-electron chi connectivity index (χ1n) is 7.76. The molecule has 1 aliphatic heterocycles. The lowest BCUT2D eigenvalue weighted by atomic mass is 9.97. The number of aromatic nitrogens is 1. The molecule has 2 heterocycles. The molecular formula is C19H16N2O3. The van der Waals surface area contributed by atoms with Crippen LogP contribution in [0.4, 0.5) is 5.69 Å². The maximum atomic E-state index is 12.9. The molecule has 3 aromatic rings. The van der Waals surface area contributed by atoms with Gasteiger partial charge in [0.15, 0.2) is 0 Å². The minimum absolute atomic E-state index is 0.0715. The van der Waals surface area contributed by atoms with Crippen LogP contribution in [0.3, 0.4) is 0 Å². The highest BCUT2D eigenvalue weighted by atomic mass is 16.3. The smallest absolute Gasteiger partial charge is 0.242 e. The topological polar surface area (TPSA) is 62.5 Å². The molecule has 4 rings (SSSR count). The number of imide groups is 1. The van der Waals surface area contributed by atoms with Crippen LogP contribution in [0.5, 0.6) is 5.75 Å². The zero-order chi connectivity index (χ0) is 16.8. The van der Waals surface area contributed by atoms with Gasteiger partial charge in [0.2, 0.25) is 11.8 Å². The lowest BCUT2D eigenvalue weighted by Gasteiger charge is -2.16. The Morgan fingerprint density at radius 1 is 1.04 bits per heavy atom. The van der Waals surface area contributed by atoms with E-state index in [9.17, 15) is 14.7 Å². The summed E-state index contributed by atoms with van der Waals surface area (Å²) in [4.78, 5) is 26.5. The van der Waals surface area contributed by atoms with E-state index in [4.69, 9.17) is 0 Å². The highest BCUT2D eigenvalue weighted by Gasteiger charge is 2.42. The lowest BCUT2D eigenvalue weighted by molar-refractivity contribution is -0.121. The third-order valence-corrected chi connectivity index (χ3v) is 4.57. The molecular weight excluding hydrogens is 304 g/mol. The number of carbonyl (C=O) groups excluding carboxylic acids is 2. The van der Waals surface area contributed by atoms with Crippen LogP contribution in [-0.4, -0.2) is 21.5 Å². The van der Waals surface area contributed by atoms with Gasteiger partial charge in [-0.1, -0.05) is 30.3 Å². The first kappa shape index (κ1) is 14.5. The number of amides is 2. The molecule has 5 nitrogen and oxygen atoms in total. The molecule has 1 aliphatic rings. The normalized spacial score (nSPS) is 17.9. The van der Waals surface area contributed by atoms with Crippen LogP contribution >= 0.6 is 0 Å². The van der Waals surface area contributed by atoms with Crippen LogP contribution in [0.15, 0.2) is 54.7 Å². The number of phenolic OH excluding ortho intramolecular Hbond substituents is 1. The van der Waals surface area contributed by atoms with E-state index in [1.54, 1.807) is 18.2 Å². The second-order valence-electron chi connectivity index (χ2n) is 6.03. The fourth-order valence-electron chi connectivity index (χ4n) is 3.43. The van der Waals surface area contributed by atoms with E-state index in [2.05, 4.69) is 0 Å². The summed E-state index contributed by atoms with van der Waals surface area (Å²) in [6, 6.07) is 14.2. The van der Waals surface area contributed by atoms with Gasteiger partial charge >= 0.3 is 0 Å². The summed E-state index contributed by atoms with van der Waals surface area (Å²) in [5.74, 6) is -1.18. The molecule has 5 heteroatoms. The van der Waals surface area contributed by atoms with Crippen molar-refractivity contribution in [2.75, 3.05) is 4.90 Å². The van der Waals surface area contributed by atoms with Crippen molar-refractivity contribution in [3.63, 3.8) is 0 Å². The van der Waals surface area contributed by atoms with Gasteiger partial charge in [-0.3, -0.25) is 9.59 Å². The van der Waals surface area contributed by atoms with E-state index in [1.807, 2.05) is 42.1 Å². The van der Waals surface area contributed by atoms with Gasteiger partial charge in [-0.15, -0.1) is 0 Å². The standard InChI is InChI=1S/C19H16N2O3/c1-20-11-14(12-6-2-3-7-15(12)20)13-10-18(23)21(19(13)24)16-8-4-5-9-17(16)22/h2-9,11,13,22H,10H2,1H3. The summed E-state index contributed by atoms with van der Waals surface area (Å²) in [5, 5.41) is 11.0. The van der Waals surface area contributed by atoms with E-state index < -0.39 is 5.92 Å². The van der Waals surface area contributed by atoms with Gasteiger partial charge in [0.1, 0.15) is 5.75 Å². The number of benzene rings is 2. The number of carbonyl (C=O) groups is 2. The fraction of sp³-hybridized carbons (Fsp3) is 0.158. The van der Waals surface area contributed by atoms with Gasteiger partial charge in [-0.2, -0.15) is 0 Å². The summed E-state index contributed by atoms with van der Waals surface area (Å²) in [7, 11) is 1.92. The van der Waals surface area contributed by atoms with Crippen molar-refractivity contribution in [2.45, 2.75) is 12.3 Å².